The zero-order chi connectivity index (χ0) is 25.1. The van der Waals surface area contributed by atoms with E-state index < -0.39 is 0 Å². The molecule has 0 bridgehead atoms. The van der Waals surface area contributed by atoms with Gasteiger partial charge in [-0.05, 0) is 97.3 Å². The maximum atomic E-state index is 10.9. The molecule has 6 rings (SSSR count). The molecule has 0 unspecified atom stereocenters. The number of hydrogen-bond acceptors (Lipinski definition) is 2. The van der Waals surface area contributed by atoms with Crippen molar-refractivity contribution in [3.63, 3.8) is 0 Å². The number of hydrogen-bond donors (Lipinski definition) is 1. The first-order valence-corrected chi connectivity index (χ1v) is 14.5. The molecule has 0 aromatic carbocycles. The van der Waals surface area contributed by atoms with Crippen molar-refractivity contribution in [3.8, 4) is 0 Å². The largest absolute Gasteiger partial charge is 0.472 e. The first-order chi connectivity index (χ1) is 16.3. The third-order valence-corrected chi connectivity index (χ3v) is 12.7. The van der Waals surface area contributed by atoms with Crippen molar-refractivity contribution >= 4 is 0 Å². The highest BCUT2D eigenvalue weighted by atomic mass is 16.3. The highest BCUT2D eigenvalue weighted by Gasteiger charge is 2.66. The standard InChI is InChI=1S/C33H48O2/c1-28(2)17-18-33(22-12-19-35-21-22)16-10-25-31(6)13-8-23-29(3,4)27(34)11-15-30(23,5)24(31)9-14-32(25,7)26(33)20-28/h10,12,19-21,23-24,27,34H,8-9,11,13-18H2,1-7H3/t23-,24+,27-,30-,31+,32+,33+/m0/s1. The van der Waals surface area contributed by atoms with E-state index in [1.807, 2.05) is 12.5 Å². The number of fused-ring (bicyclic) bond motifs is 7. The van der Waals surface area contributed by atoms with Crippen LogP contribution < -0.4 is 0 Å². The summed E-state index contributed by atoms with van der Waals surface area (Å²) in [5.41, 5.74) is 5.91. The Hall–Kier alpha value is -1.28. The predicted octanol–water partition coefficient (Wildman–Crippen LogP) is 8.61. The Morgan fingerprint density at radius 3 is 2.29 bits per heavy atom. The molecule has 7 atom stereocenters. The Labute approximate surface area is 213 Å². The van der Waals surface area contributed by atoms with Gasteiger partial charge in [0.05, 0.1) is 18.6 Å². The van der Waals surface area contributed by atoms with Gasteiger partial charge in [-0.2, -0.15) is 0 Å². The number of furan rings is 1. The van der Waals surface area contributed by atoms with Gasteiger partial charge in [0, 0.05) is 16.4 Å². The van der Waals surface area contributed by atoms with Crippen molar-refractivity contribution < 1.29 is 9.52 Å². The minimum atomic E-state index is -0.155. The summed E-state index contributed by atoms with van der Waals surface area (Å²) in [5.74, 6) is 1.32. The van der Waals surface area contributed by atoms with Gasteiger partial charge in [0.15, 0.2) is 0 Å². The topological polar surface area (TPSA) is 33.4 Å². The third-order valence-electron chi connectivity index (χ3n) is 12.7. The first kappa shape index (κ1) is 24.1. The van der Waals surface area contributed by atoms with Crippen molar-refractivity contribution in [2.24, 2.45) is 38.9 Å². The van der Waals surface area contributed by atoms with Gasteiger partial charge < -0.3 is 9.52 Å². The van der Waals surface area contributed by atoms with E-state index >= 15 is 0 Å². The Kier molecular flexibility index (Phi) is 4.94. The van der Waals surface area contributed by atoms with Crippen LogP contribution in [-0.2, 0) is 5.41 Å². The zero-order valence-electron chi connectivity index (χ0n) is 23.3. The fourth-order valence-electron chi connectivity index (χ4n) is 10.8. The minimum Gasteiger partial charge on any atom is -0.472 e. The zero-order valence-corrected chi connectivity index (χ0v) is 23.3. The van der Waals surface area contributed by atoms with Gasteiger partial charge in [-0.1, -0.05) is 71.8 Å². The van der Waals surface area contributed by atoms with E-state index in [-0.39, 0.29) is 33.2 Å². The number of aliphatic hydroxyl groups excluding tert-OH is 1. The summed E-state index contributed by atoms with van der Waals surface area (Å²) >= 11 is 0. The lowest BCUT2D eigenvalue weighted by molar-refractivity contribution is -0.174. The first-order valence-electron chi connectivity index (χ1n) is 14.5. The van der Waals surface area contributed by atoms with Crippen molar-refractivity contribution in [2.75, 3.05) is 0 Å². The molecule has 5 aliphatic rings. The highest BCUT2D eigenvalue weighted by Crippen LogP contribution is 2.74. The summed E-state index contributed by atoms with van der Waals surface area (Å²) in [6.45, 7) is 17.4. The second-order valence-electron chi connectivity index (χ2n) is 15.3. The van der Waals surface area contributed by atoms with Gasteiger partial charge >= 0.3 is 0 Å². The second-order valence-corrected chi connectivity index (χ2v) is 15.3. The normalized spacial score (nSPS) is 47.9. The van der Waals surface area contributed by atoms with Crippen LogP contribution in [0.25, 0.3) is 0 Å². The maximum Gasteiger partial charge on any atom is 0.0943 e. The quantitative estimate of drug-likeness (QED) is 0.412. The lowest BCUT2D eigenvalue weighted by Gasteiger charge is -2.69. The van der Waals surface area contributed by atoms with Crippen molar-refractivity contribution in [3.05, 3.63) is 47.5 Å². The predicted molar refractivity (Wildman–Crippen MR) is 143 cm³/mol. The average molecular weight is 477 g/mol. The van der Waals surface area contributed by atoms with Crippen LogP contribution in [0.5, 0.6) is 0 Å². The van der Waals surface area contributed by atoms with Gasteiger partial charge in [0.2, 0.25) is 0 Å². The summed E-state index contributed by atoms with van der Waals surface area (Å²) < 4.78 is 5.67. The summed E-state index contributed by atoms with van der Waals surface area (Å²) in [6, 6.07) is 2.24. The van der Waals surface area contributed by atoms with Gasteiger partial charge in [-0.25, -0.2) is 0 Å². The maximum absolute atomic E-state index is 10.9. The van der Waals surface area contributed by atoms with Crippen molar-refractivity contribution in [1.82, 2.24) is 0 Å². The molecule has 35 heavy (non-hydrogen) atoms. The van der Waals surface area contributed by atoms with Gasteiger partial charge in [-0.15, -0.1) is 0 Å². The third kappa shape index (κ3) is 2.98. The van der Waals surface area contributed by atoms with Crippen molar-refractivity contribution in [1.29, 1.82) is 0 Å². The fourth-order valence-corrected chi connectivity index (χ4v) is 10.8. The number of allylic oxidation sites excluding steroid dienone is 4. The Morgan fingerprint density at radius 2 is 1.57 bits per heavy atom. The van der Waals surface area contributed by atoms with Gasteiger partial charge in [0.1, 0.15) is 0 Å². The summed E-state index contributed by atoms with van der Waals surface area (Å²) in [4.78, 5) is 0. The highest BCUT2D eigenvalue weighted by molar-refractivity contribution is 5.52. The Balaban J connectivity index is 1.48. The summed E-state index contributed by atoms with van der Waals surface area (Å²) in [6.07, 6.45) is 20.0. The number of aliphatic hydroxyl groups is 1. The van der Waals surface area contributed by atoms with Crippen LogP contribution >= 0.6 is 0 Å². The smallest absolute Gasteiger partial charge is 0.0943 e. The molecule has 0 spiro atoms. The van der Waals surface area contributed by atoms with Crippen molar-refractivity contribution in [2.45, 2.75) is 118 Å². The van der Waals surface area contributed by atoms with E-state index in [0.717, 1.165) is 12.8 Å². The lowest BCUT2D eigenvalue weighted by atomic mass is 9.35. The molecule has 0 radical (unpaired) electrons. The molecule has 1 heterocycles. The summed E-state index contributed by atoms with van der Waals surface area (Å²) in [7, 11) is 0. The van der Waals surface area contributed by atoms with Crippen LogP contribution in [0.15, 0.2) is 46.3 Å². The van der Waals surface area contributed by atoms with E-state index in [4.69, 9.17) is 4.42 Å². The molecular formula is C33H48O2. The molecule has 3 saturated carbocycles. The minimum absolute atomic E-state index is 0.0163. The van der Waals surface area contributed by atoms with Crippen LogP contribution in [0.1, 0.15) is 112 Å². The van der Waals surface area contributed by atoms with E-state index in [1.54, 1.807) is 11.1 Å². The molecule has 5 aliphatic carbocycles. The van der Waals surface area contributed by atoms with Crippen LogP contribution in [0.3, 0.4) is 0 Å². The van der Waals surface area contributed by atoms with E-state index in [0.29, 0.717) is 17.3 Å². The second kappa shape index (κ2) is 7.18. The molecule has 0 saturated heterocycles. The van der Waals surface area contributed by atoms with E-state index in [9.17, 15) is 5.11 Å². The molecule has 0 amide bonds. The lowest BCUT2D eigenvalue weighted by Crippen LogP contribution is -2.62. The molecule has 2 nitrogen and oxygen atoms in total. The molecule has 192 valence electrons. The molecule has 1 aromatic heterocycles. The van der Waals surface area contributed by atoms with Gasteiger partial charge in [-0.3, -0.25) is 0 Å². The average Bonchev–Trinajstić information content (AvgIpc) is 3.32. The van der Waals surface area contributed by atoms with Gasteiger partial charge in [0.25, 0.3) is 0 Å². The molecule has 0 aliphatic heterocycles. The van der Waals surface area contributed by atoms with E-state index in [2.05, 4.69) is 66.7 Å². The molecule has 1 aromatic rings. The van der Waals surface area contributed by atoms with Crippen LogP contribution in [0, 0.1) is 38.9 Å². The van der Waals surface area contributed by atoms with E-state index in [1.165, 1.54) is 50.5 Å². The molecular weight excluding hydrogens is 428 g/mol. The Morgan fingerprint density at radius 1 is 0.829 bits per heavy atom. The SMILES string of the molecule is CC1(C)C=C2[C@]3(C)CC[C@@H]4[C@@]5(C)CC[C@H](O)C(C)(C)[C@@H]5CC[C@@]4(C)C3=CC[C@]2(c2ccoc2)CC1. The Bertz CT molecular complexity index is 1070. The molecule has 3 fully saturated rings. The van der Waals surface area contributed by atoms with Crippen LogP contribution in [0.4, 0.5) is 0 Å². The molecule has 1 N–H and O–H groups in total. The monoisotopic (exact) mass is 476 g/mol. The summed E-state index contributed by atoms with van der Waals surface area (Å²) in [5, 5.41) is 10.9. The molecule has 2 heteroatoms. The van der Waals surface area contributed by atoms with Crippen LogP contribution in [-0.4, -0.2) is 11.2 Å². The fraction of sp³-hybridized carbons (Fsp3) is 0.758. The van der Waals surface area contributed by atoms with Crippen LogP contribution in [0.2, 0.25) is 0 Å². The number of rotatable bonds is 1.